The first-order chi connectivity index (χ1) is 22.1. The number of hydrogen-bond acceptors (Lipinski definition) is 6. The number of amides is 1. The summed E-state index contributed by atoms with van der Waals surface area (Å²) in [6.07, 6.45) is 1.28. The van der Waals surface area contributed by atoms with Gasteiger partial charge in [0.25, 0.3) is 5.56 Å². The number of nitrogens with zero attached hydrogens (tertiary/aromatic N) is 2. The van der Waals surface area contributed by atoms with Gasteiger partial charge in [0.15, 0.2) is 0 Å². The van der Waals surface area contributed by atoms with Crippen LogP contribution in [0.3, 0.4) is 0 Å². The number of nitrogens with one attached hydrogen (secondary N) is 1. The smallest absolute Gasteiger partial charge is 0.343 e. The van der Waals surface area contributed by atoms with E-state index in [0.717, 1.165) is 16.3 Å². The molecule has 1 aromatic heterocycles. The van der Waals surface area contributed by atoms with Crippen molar-refractivity contribution < 1.29 is 18.4 Å². The fourth-order valence-electron chi connectivity index (χ4n) is 7.55. The average Bonchev–Trinajstić information content (AvgIpc) is 3.46. The maximum atomic E-state index is 13.6. The second-order valence-electron chi connectivity index (χ2n) is 13.4. The van der Waals surface area contributed by atoms with Gasteiger partial charge < -0.3 is 18.9 Å². The quantitative estimate of drug-likeness (QED) is 0.177. The summed E-state index contributed by atoms with van der Waals surface area (Å²) in [5, 5.41) is 9.86. The number of benzene rings is 4. The summed E-state index contributed by atoms with van der Waals surface area (Å²) in [5.74, 6) is -0.167. The van der Waals surface area contributed by atoms with Crippen LogP contribution in [0.4, 0.5) is 0 Å². The number of rotatable bonds is 8. The summed E-state index contributed by atoms with van der Waals surface area (Å²) >= 11 is 0. The minimum Gasteiger partial charge on any atom is -0.391 e. The zero-order valence-electron chi connectivity index (χ0n) is 27.0. The van der Waals surface area contributed by atoms with Gasteiger partial charge in [-0.1, -0.05) is 82.3 Å². The van der Waals surface area contributed by atoms with Crippen molar-refractivity contribution in [1.82, 2.24) is 14.5 Å². The fourth-order valence-corrected chi connectivity index (χ4v) is 11.3. The molecule has 46 heavy (non-hydrogen) atoms. The van der Waals surface area contributed by atoms with Gasteiger partial charge in [-0.05, 0) is 55.9 Å². The van der Waals surface area contributed by atoms with Gasteiger partial charge in [0.2, 0.25) is 5.91 Å². The predicted octanol–water partition coefficient (Wildman–Crippen LogP) is 5.54. The van der Waals surface area contributed by atoms with Crippen LogP contribution in [0, 0.1) is 6.92 Å². The van der Waals surface area contributed by atoms with E-state index in [1.807, 2.05) is 6.07 Å². The van der Waals surface area contributed by atoms with Crippen molar-refractivity contribution >= 4 is 46.8 Å². The van der Waals surface area contributed by atoms with Gasteiger partial charge in [-0.2, -0.15) is 0 Å². The predicted molar refractivity (Wildman–Crippen MR) is 182 cm³/mol. The number of aryl methyl sites for hydroxylation is 1. The van der Waals surface area contributed by atoms with E-state index in [1.165, 1.54) is 30.7 Å². The average molecular weight is 640 g/mol. The zero-order valence-corrected chi connectivity index (χ0v) is 28.0. The summed E-state index contributed by atoms with van der Waals surface area (Å²) in [7, 11) is -2.45. The summed E-state index contributed by atoms with van der Waals surface area (Å²) < 4.78 is 22.0. The lowest BCUT2D eigenvalue weighted by molar-refractivity contribution is -0.120. The Labute approximate surface area is 268 Å². The van der Waals surface area contributed by atoms with Gasteiger partial charge in [-0.25, -0.2) is 4.79 Å². The molecule has 0 bridgehead atoms. The maximum Gasteiger partial charge on any atom is 0.343 e. The van der Waals surface area contributed by atoms with Crippen LogP contribution >= 0.6 is 0 Å². The van der Waals surface area contributed by atoms with Gasteiger partial charge in [-0.3, -0.25) is 18.7 Å². The molecule has 2 aliphatic rings. The normalized spacial score (nSPS) is 21.2. The first-order valence-corrected chi connectivity index (χ1v) is 18.3. The highest BCUT2D eigenvalue weighted by atomic mass is 28.4. The van der Waals surface area contributed by atoms with Gasteiger partial charge >= 0.3 is 14.3 Å². The largest absolute Gasteiger partial charge is 0.391 e. The third kappa shape index (κ3) is 5.08. The number of carbonyl (C=O) groups excluding carboxylic acids is 1. The molecular formula is C36H41N3O6Si. The molecule has 3 atom stereocenters. The Bertz CT molecular complexity index is 2040. The third-order valence-corrected chi connectivity index (χ3v) is 14.4. The summed E-state index contributed by atoms with van der Waals surface area (Å²) in [4.78, 5) is 39.9. The fraction of sp³-hybridized carbons (Fsp3) is 0.417. The van der Waals surface area contributed by atoms with Crippen molar-refractivity contribution in [2.24, 2.45) is 0 Å². The molecule has 10 heteroatoms. The third-order valence-electron chi connectivity index (χ3n) is 9.90. The van der Waals surface area contributed by atoms with E-state index >= 15 is 0 Å². The highest BCUT2D eigenvalue weighted by Crippen LogP contribution is 2.44. The van der Waals surface area contributed by atoms with Crippen molar-refractivity contribution in [2.75, 3.05) is 13.2 Å². The zero-order chi connectivity index (χ0) is 32.3. The molecule has 2 saturated heterocycles. The van der Waals surface area contributed by atoms with E-state index in [4.69, 9.17) is 13.6 Å². The second kappa shape index (κ2) is 11.8. The molecule has 2 fully saturated rings. The Kier molecular flexibility index (Phi) is 7.87. The molecular weight excluding hydrogens is 598 g/mol. The summed E-state index contributed by atoms with van der Waals surface area (Å²) in [5.41, 5.74) is 1.10. The van der Waals surface area contributed by atoms with Crippen LogP contribution in [0.25, 0.3) is 32.3 Å². The van der Waals surface area contributed by atoms with E-state index in [0.29, 0.717) is 18.6 Å². The van der Waals surface area contributed by atoms with Crippen LogP contribution in [0.15, 0.2) is 70.4 Å². The van der Waals surface area contributed by atoms with E-state index in [2.05, 4.69) is 81.5 Å². The van der Waals surface area contributed by atoms with Crippen molar-refractivity contribution in [3.8, 4) is 0 Å². The van der Waals surface area contributed by atoms with Crippen LogP contribution in [0.2, 0.25) is 11.1 Å². The lowest BCUT2D eigenvalue weighted by Crippen LogP contribution is -2.57. The van der Waals surface area contributed by atoms with E-state index in [1.54, 1.807) is 13.1 Å². The van der Waals surface area contributed by atoms with Gasteiger partial charge in [0.1, 0.15) is 12.3 Å². The Morgan fingerprint density at radius 1 is 0.935 bits per heavy atom. The molecule has 1 N–H and O–H groups in total. The molecule has 0 aliphatic carbocycles. The number of aromatic nitrogens is 2. The Hall–Kier alpha value is -3.83. The van der Waals surface area contributed by atoms with Gasteiger partial charge in [0, 0.05) is 31.3 Å². The van der Waals surface area contributed by atoms with E-state index in [-0.39, 0.29) is 54.3 Å². The molecule has 3 heterocycles. The monoisotopic (exact) mass is 639 g/mol. The van der Waals surface area contributed by atoms with E-state index in [9.17, 15) is 14.4 Å². The first-order valence-electron chi connectivity index (χ1n) is 16.3. The maximum absolute atomic E-state index is 13.6. The van der Waals surface area contributed by atoms with Crippen molar-refractivity contribution in [2.45, 2.75) is 83.5 Å². The SMILES string of the molecule is Cc1cn([C@H]2C[C@@H]3O[Si](C(C)C)(C(C)C)OC[C@H]3O2)c(=O)n(CCNC(=O)Cc2ccc3ccc4cccc5ccc2c3c45)c1=O. The Morgan fingerprint density at radius 3 is 2.33 bits per heavy atom. The standard InChI is InChI=1S/C36H41N3O6Si/c1-21(2)46(22(3)4)43-20-30-29(45-46)18-32(44-30)39-19-23(5)35(41)38(36(39)42)16-15-37-31(40)17-27-12-11-26-10-9-24-7-6-8-25-13-14-28(27)34(26)33(24)25/h6-14,19,21-22,29-30,32H,15-18,20H2,1-5H3,(H,37,40)/t29-,30+,32+/m0/s1. The molecule has 0 unspecified atom stereocenters. The topological polar surface area (TPSA) is 101 Å². The Morgan fingerprint density at radius 2 is 1.61 bits per heavy atom. The molecule has 9 nitrogen and oxygen atoms in total. The lowest BCUT2D eigenvalue weighted by atomic mass is 9.91. The molecule has 7 rings (SSSR count). The molecule has 1 amide bonds. The minimum absolute atomic E-state index is 0.0550. The van der Waals surface area contributed by atoms with E-state index < -0.39 is 20.5 Å². The molecule has 240 valence electrons. The molecule has 5 aromatic rings. The minimum atomic E-state index is -2.45. The number of carbonyl (C=O) groups is 1. The van der Waals surface area contributed by atoms with Crippen LogP contribution in [-0.4, -0.2) is 49.0 Å². The van der Waals surface area contributed by atoms with Crippen LogP contribution in [0.5, 0.6) is 0 Å². The lowest BCUT2D eigenvalue weighted by Gasteiger charge is -2.44. The van der Waals surface area contributed by atoms with Gasteiger partial charge in [0.05, 0.1) is 19.1 Å². The molecule has 0 spiro atoms. The van der Waals surface area contributed by atoms with Gasteiger partial charge in [-0.15, -0.1) is 0 Å². The highest BCUT2D eigenvalue weighted by molar-refractivity contribution is 6.70. The number of hydrogen-bond donors (Lipinski definition) is 1. The second-order valence-corrected chi connectivity index (χ2v) is 17.7. The first kappa shape index (κ1) is 30.8. The van der Waals surface area contributed by atoms with Crippen LogP contribution in [-0.2, 0) is 31.3 Å². The molecule has 2 aliphatic heterocycles. The van der Waals surface area contributed by atoms with Crippen molar-refractivity contribution in [1.29, 1.82) is 0 Å². The van der Waals surface area contributed by atoms with Crippen molar-refractivity contribution in [3.05, 3.63) is 92.8 Å². The summed E-state index contributed by atoms with van der Waals surface area (Å²) in [6.45, 7) is 10.9. The molecule has 4 aromatic carbocycles. The number of ether oxygens (including phenoxy) is 1. The molecule has 0 saturated carbocycles. The number of fused-ring (bicyclic) bond motifs is 1. The van der Waals surface area contributed by atoms with Crippen LogP contribution < -0.4 is 16.6 Å². The summed E-state index contributed by atoms with van der Waals surface area (Å²) in [6, 6.07) is 18.8. The Balaban J connectivity index is 1.06. The molecule has 0 radical (unpaired) electrons. The highest BCUT2D eigenvalue weighted by Gasteiger charge is 2.54. The van der Waals surface area contributed by atoms with Crippen molar-refractivity contribution in [3.63, 3.8) is 0 Å². The van der Waals surface area contributed by atoms with Crippen LogP contribution in [0.1, 0.15) is 51.5 Å².